The third kappa shape index (κ3) is 2.21. The Morgan fingerprint density at radius 3 is 2.33 bits per heavy atom. The first-order valence-electron chi connectivity index (χ1n) is 7.68. The van der Waals surface area contributed by atoms with Gasteiger partial charge in [0.25, 0.3) is 5.56 Å². The molecule has 0 saturated carbocycles. The molecule has 0 aliphatic rings. The van der Waals surface area contributed by atoms with E-state index in [4.69, 9.17) is 0 Å². The number of pyridine rings is 1. The SMILES string of the molecule is CNc1ccc(C(C)=O)c2c1c(=O)n(C(C)=O)c1ccc(C)cc21. The van der Waals surface area contributed by atoms with Crippen LogP contribution in [0.5, 0.6) is 0 Å². The van der Waals surface area contributed by atoms with E-state index in [2.05, 4.69) is 5.32 Å². The number of benzene rings is 2. The molecule has 0 aliphatic heterocycles. The lowest BCUT2D eigenvalue weighted by Gasteiger charge is -2.15. The largest absolute Gasteiger partial charge is 0.387 e. The van der Waals surface area contributed by atoms with E-state index in [1.807, 2.05) is 19.1 Å². The highest BCUT2D eigenvalue weighted by Gasteiger charge is 2.19. The molecule has 0 aliphatic carbocycles. The lowest BCUT2D eigenvalue weighted by atomic mass is 9.96. The van der Waals surface area contributed by atoms with E-state index in [-0.39, 0.29) is 11.7 Å². The summed E-state index contributed by atoms with van der Waals surface area (Å²) in [5.74, 6) is -0.475. The molecule has 1 aromatic heterocycles. The molecule has 0 atom stereocenters. The maximum absolute atomic E-state index is 13.0. The zero-order valence-corrected chi connectivity index (χ0v) is 14.1. The Bertz CT molecular complexity index is 1080. The minimum atomic E-state index is -0.415. The van der Waals surface area contributed by atoms with Crippen LogP contribution < -0.4 is 10.9 Å². The van der Waals surface area contributed by atoms with E-state index < -0.39 is 5.56 Å². The lowest BCUT2D eigenvalue weighted by molar-refractivity contribution is 0.0937. The molecule has 3 rings (SSSR count). The second-order valence-corrected chi connectivity index (χ2v) is 5.90. The van der Waals surface area contributed by atoms with Gasteiger partial charge in [-0.1, -0.05) is 11.6 Å². The van der Waals surface area contributed by atoms with Crippen molar-refractivity contribution in [2.24, 2.45) is 0 Å². The van der Waals surface area contributed by atoms with E-state index >= 15 is 0 Å². The van der Waals surface area contributed by atoms with Crippen LogP contribution in [-0.4, -0.2) is 23.3 Å². The number of hydrogen-bond acceptors (Lipinski definition) is 4. The van der Waals surface area contributed by atoms with Crippen molar-refractivity contribution in [2.45, 2.75) is 20.8 Å². The summed E-state index contributed by atoms with van der Waals surface area (Å²) in [7, 11) is 1.71. The second-order valence-electron chi connectivity index (χ2n) is 5.90. The number of aromatic nitrogens is 1. The number of ketones is 1. The van der Waals surface area contributed by atoms with E-state index in [1.54, 1.807) is 25.2 Å². The first-order chi connectivity index (χ1) is 11.4. The molecule has 1 N–H and O–H groups in total. The molecule has 122 valence electrons. The highest BCUT2D eigenvalue weighted by atomic mass is 16.2. The number of anilines is 1. The number of Topliss-reactive ketones (excluding diaryl/α,β-unsaturated/α-hetero) is 1. The number of aryl methyl sites for hydroxylation is 1. The summed E-state index contributed by atoms with van der Waals surface area (Å²) in [6.07, 6.45) is 0. The maximum atomic E-state index is 13.0. The number of nitrogens with one attached hydrogen (secondary N) is 1. The Morgan fingerprint density at radius 1 is 1.04 bits per heavy atom. The van der Waals surface area contributed by atoms with Gasteiger partial charge in [0.2, 0.25) is 5.91 Å². The van der Waals surface area contributed by atoms with Crippen LogP contribution in [0, 0.1) is 6.92 Å². The topological polar surface area (TPSA) is 68.2 Å². The van der Waals surface area contributed by atoms with E-state index in [1.165, 1.54) is 18.4 Å². The third-order valence-electron chi connectivity index (χ3n) is 4.25. The number of hydrogen-bond donors (Lipinski definition) is 1. The van der Waals surface area contributed by atoms with Crippen molar-refractivity contribution in [3.63, 3.8) is 0 Å². The van der Waals surface area contributed by atoms with E-state index in [0.717, 1.165) is 10.9 Å². The first-order valence-corrected chi connectivity index (χ1v) is 7.68. The van der Waals surface area contributed by atoms with Gasteiger partial charge in [-0.15, -0.1) is 0 Å². The summed E-state index contributed by atoms with van der Waals surface area (Å²) in [5, 5.41) is 4.66. The number of fused-ring (bicyclic) bond motifs is 3. The molecule has 0 radical (unpaired) electrons. The molecule has 1 heterocycles. The molecular weight excluding hydrogens is 304 g/mol. The molecule has 0 bridgehead atoms. The molecule has 5 heteroatoms. The first kappa shape index (κ1) is 15.9. The van der Waals surface area contributed by atoms with Crippen LogP contribution in [0.1, 0.15) is 34.6 Å². The highest BCUT2D eigenvalue weighted by Crippen LogP contribution is 2.31. The maximum Gasteiger partial charge on any atom is 0.267 e. The Balaban J connectivity index is 2.77. The van der Waals surface area contributed by atoms with Crippen molar-refractivity contribution in [2.75, 3.05) is 12.4 Å². The van der Waals surface area contributed by atoms with Gasteiger partial charge < -0.3 is 5.32 Å². The van der Waals surface area contributed by atoms with Gasteiger partial charge in [-0.3, -0.25) is 14.4 Å². The second kappa shape index (κ2) is 5.60. The molecule has 0 amide bonds. The average molecular weight is 322 g/mol. The summed E-state index contributed by atoms with van der Waals surface area (Å²) in [4.78, 5) is 37.2. The number of carbonyl (C=O) groups excluding carboxylic acids is 2. The molecule has 0 saturated heterocycles. The van der Waals surface area contributed by atoms with Crippen LogP contribution in [0.15, 0.2) is 35.1 Å². The van der Waals surface area contributed by atoms with E-state index in [0.29, 0.717) is 27.5 Å². The van der Waals surface area contributed by atoms with Gasteiger partial charge in [0.1, 0.15) is 0 Å². The van der Waals surface area contributed by atoms with Gasteiger partial charge in [0.15, 0.2) is 5.78 Å². The van der Waals surface area contributed by atoms with Crippen LogP contribution in [-0.2, 0) is 0 Å². The van der Waals surface area contributed by atoms with Gasteiger partial charge >= 0.3 is 0 Å². The minimum absolute atomic E-state index is 0.120. The Kier molecular flexibility index (Phi) is 3.72. The van der Waals surface area contributed by atoms with Crippen molar-refractivity contribution in [3.05, 3.63) is 51.8 Å². The Morgan fingerprint density at radius 2 is 1.75 bits per heavy atom. The normalized spacial score (nSPS) is 11.0. The van der Waals surface area contributed by atoms with Crippen LogP contribution in [0.2, 0.25) is 0 Å². The molecule has 0 spiro atoms. The molecule has 0 fully saturated rings. The molecule has 2 aromatic carbocycles. The monoisotopic (exact) mass is 322 g/mol. The van der Waals surface area contributed by atoms with E-state index in [9.17, 15) is 14.4 Å². The fourth-order valence-electron chi connectivity index (χ4n) is 3.19. The molecule has 3 aromatic rings. The van der Waals surface area contributed by atoms with Gasteiger partial charge in [-0.2, -0.15) is 0 Å². The van der Waals surface area contributed by atoms with Crippen molar-refractivity contribution >= 4 is 39.1 Å². The third-order valence-corrected chi connectivity index (χ3v) is 4.25. The zero-order chi connectivity index (χ0) is 17.6. The van der Waals surface area contributed by atoms with Crippen LogP contribution >= 0.6 is 0 Å². The van der Waals surface area contributed by atoms with Crippen LogP contribution in [0.4, 0.5) is 5.69 Å². The molecular formula is C19H18N2O3. The van der Waals surface area contributed by atoms with Gasteiger partial charge in [0, 0.05) is 36.0 Å². The summed E-state index contributed by atoms with van der Waals surface area (Å²) >= 11 is 0. The number of carbonyl (C=O) groups is 2. The fraction of sp³-hybridized carbons (Fsp3) is 0.211. The highest BCUT2D eigenvalue weighted by molar-refractivity contribution is 6.20. The van der Waals surface area contributed by atoms with Gasteiger partial charge in [-0.05, 0) is 38.1 Å². The standard InChI is InChI=1S/C19H18N2O3/c1-10-5-8-16-14(9-10)17-13(11(2)22)6-7-15(20-4)18(17)19(24)21(16)12(3)23/h5-9,20H,1-4H3. The minimum Gasteiger partial charge on any atom is -0.387 e. The van der Waals surface area contributed by atoms with Gasteiger partial charge in [-0.25, -0.2) is 4.57 Å². The van der Waals surface area contributed by atoms with Gasteiger partial charge in [0.05, 0.1) is 10.9 Å². The summed E-state index contributed by atoms with van der Waals surface area (Å²) in [6, 6.07) is 8.93. The smallest absolute Gasteiger partial charge is 0.267 e. The van der Waals surface area contributed by atoms with Crippen molar-refractivity contribution in [1.29, 1.82) is 0 Å². The fourth-order valence-corrected chi connectivity index (χ4v) is 3.19. The number of nitrogens with zero attached hydrogens (tertiary/aromatic N) is 1. The molecule has 24 heavy (non-hydrogen) atoms. The average Bonchev–Trinajstić information content (AvgIpc) is 2.53. The van der Waals surface area contributed by atoms with Crippen molar-refractivity contribution in [1.82, 2.24) is 4.57 Å². The Labute approximate surface area is 138 Å². The van der Waals surface area contributed by atoms with Crippen molar-refractivity contribution < 1.29 is 9.59 Å². The molecule has 5 nitrogen and oxygen atoms in total. The predicted octanol–water partition coefficient (Wildman–Crippen LogP) is 3.37. The lowest BCUT2D eigenvalue weighted by Crippen LogP contribution is -2.26. The Hall–Kier alpha value is -2.95. The van der Waals surface area contributed by atoms with Crippen LogP contribution in [0.3, 0.4) is 0 Å². The summed E-state index contributed by atoms with van der Waals surface area (Å²) in [5.41, 5.74) is 2.16. The van der Waals surface area contributed by atoms with Crippen molar-refractivity contribution in [3.8, 4) is 0 Å². The number of rotatable bonds is 2. The summed E-state index contributed by atoms with van der Waals surface area (Å²) in [6.45, 7) is 4.77. The quantitative estimate of drug-likeness (QED) is 0.580. The zero-order valence-electron chi connectivity index (χ0n) is 14.1. The molecule has 0 unspecified atom stereocenters. The summed E-state index contributed by atoms with van der Waals surface area (Å²) < 4.78 is 1.17. The van der Waals surface area contributed by atoms with Crippen LogP contribution in [0.25, 0.3) is 21.7 Å². The predicted molar refractivity (Wildman–Crippen MR) is 96.3 cm³/mol.